The van der Waals surface area contributed by atoms with E-state index >= 15 is 0 Å². The van der Waals surface area contributed by atoms with Crippen LogP contribution in [0, 0.1) is 0 Å². The quantitative estimate of drug-likeness (QED) is 0.213. The summed E-state index contributed by atoms with van der Waals surface area (Å²) in [5.74, 6) is -1.60. The molecule has 4 heterocycles. The van der Waals surface area contributed by atoms with Gasteiger partial charge < -0.3 is 42.6 Å². The molecule has 0 N–H and O–H groups in total. The zero-order valence-corrected chi connectivity index (χ0v) is 28.9. The molecule has 4 fully saturated rings. The molecule has 0 amide bonds. The number of rotatable bonds is 11. The lowest BCUT2D eigenvalue weighted by atomic mass is 9.93. The maximum Gasteiger partial charge on any atom is 0.190 e. The van der Waals surface area contributed by atoms with Crippen LogP contribution in [0.1, 0.15) is 51.3 Å². The van der Waals surface area contributed by atoms with Crippen molar-refractivity contribution in [2.24, 2.45) is 0 Å². The molecule has 0 radical (unpaired) electrons. The summed E-state index contributed by atoms with van der Waals surface area (Å²) in [5, 5.41) is 0. The number of benzene rings is 3. The highest BCUT2D eigenvalue weighted by atomic mass is 16.9. The maximum atomic E-state index is 6.76. The third-order valence-corrected chi connectivity index (χ3v) is 9.34. The van der Waals surface area contributed by atoms with Gasteiger partial charge in [0.1, 0.15) is 48.8 Å². The predicted molar refractivity (Wildman–Crippen MR) is 181 cm³/mol. The molecule has 0 unspecified atom stereocenters. The van der Waals surface area contributed by atoms with Gasteiger partial charge in [0.05, 0.1) is 25.9 Å². The van der Waals surface area contributed by atoms with Crippen LogP contribution < -0.4 is 0 Å². The van der Waals surface area contributed by atoms with E-state index in [9.17, 15) is 0 Å². The van der Waals surface area contributed by atoms with Gasteiger partial charge in [-0.2, -0.15) is 0 Å². The highest BCUT2D eigenvalue weighted by Gasteiger charge is 2.60. The standard InChI is InChI=1S/C40H48O9/c1-26-32(41-23-27-15-9-6-10-16-27)35(43-25-29-19-13-8-14-20-29)33(42-24-28-17-11-7-12-18-28)30(44-26)21-22-31-34-36(47-39(2,3)46-34)37-38(45-31)49-40(4,5)48-37/h6-22,26,30-38H,23-25H2,1-5H3/b22-21-/t26-,30-,31+,32+,33+,34-,35+,36-,37+,38+/m0/s1. The van der Waals surface area contributed by atoms with Crippen LogP contribution in [0.2, 0.25) is 0 Å². The van der Waals surface area contributed by atoms with Gasteiger partial charge in [0.2, 0.25) is 0 Å². The van der Waals surface area contributed by atoms with Gasteiger partial charge in [0.25, 0.3) is 0 Å². The average molecular weight is 673 g/mol. The first kappa shape index (κ1) is 34.5. The van der Waals surface area contributed by atoms with E-state index in [0.717, 1.165) is 16.7 Å². The first-order valence-corrected chi connectivity index (χ1v) is 17.3. The Morgan fingerprint density at radius 2 is 0.959 bits per heavy atom. The van der Waals surface area contributed by atoms with Gasteiger partial charge in [-0.25, -0.2) is 0 Å². The maximum absolute atomic E-state index is 6.76. The molecule has 0 aliphatic carbocycles. The van der Waals surface area contributed by atoms with Gasteiger partial charge >= 0.3 is 0 Å². The second-order valence-electron chi connectivity index (χ2n) is 14.1. The minimum absolute atomic E-state index is 0.308. The van der Waals surface area contributed by atoms with Crippen molar-refractivity contribution in [1.82, 2.24) is 0 Å². The summed E-state index contributed by atoms with van der Waals surface area (Å²) in [4.78, 5) is 0. The van der Waals surface area contributed by atoms with E-state index in [1.165, 1.54) is 0 Å². The molecule has 9 nitrogen and oxygen atoms in total. The lowest BCUT2D eigenvalue weighted by Crippen LogP contribution is -2.59. The molecule has 3 aromatic rings. The normalized spacial score (nSPS) is 34.9. The van der Waals surface area contributed by atoms with Crippen LogP contribution in [-0.2, 0) is 62.5 Å². The summed E-state index contributed by atoms with van der Waals surface area (Å²) in [5.41, 5.74) is 3.19. The van der Waals surface area contributed by atoms with Crippen LogP contribution in [0.15, 0.2) is 103 Å². The van der Waals surface area contributed by atoms with Crippen molar-refractivity contribution in [3.63, 3.8) is 0 Å². The van der Waals surface area contributed by atoms with Gasteiger partial charge in [-0.1, -0.05) is 103 Å². The van der Waals surface area contributed by atoms with Gasteiger partial charge in [0.15, 0.2) is 17.9 Å². The Balaban J connectivity index is 1.17. The zero-order chi connectivity index (χ0) is 34.0. The van der Waals surface area contributed by atoms with Crippen LogP contribution in [0.5, 0.6) is 0 Å². The average Bonchev–Trinajstić information content (AvgIpc) is 3.60. The van der Waals surface area contributed by atoms with E-state index in [4.69, 9.17) is 42.6 Å². The summed E-state index contributed by atoms with van der Waals surface area (Å²) in [6.45, 7) is 10.8. The third kappa shape index (κ3) is 8.17. The fourth-order valence-corrected chi connectivity index (χ4v) is 7.12. The van der Waals surface area contributed by atoms with Crippen molar-refractivity contribution in [3.05, 3.63) is 120 Å². The minimum Gasteiger partial charge on any atom is -0.368 e. The van der Waals surface area contributed by atoms with Crippen LogP contribution in [-0.4, -0.2) is 72.8 Å². The van der Waals surface area contributed by atoms with Crippen LogP contribution in [0.3, 0.4) is 0 Å². The molecule has 0 spiro atoms. The highest BCUT2D eigenvalue weighted by molar-refractivity contribution is 5.17. The van der Waals surface area contributed by atoms with E-state index in [1.54, 1.807) is 0 Å². The molecule has 262 valence electrons. The van der Waals surface area contributed by atoms with Crippen molar-refractivity contribution < 1.29 is 42.6 Å². The van der Waals surface area contributed by atoms with Gasteiger partial charge in [-0.05, 0) is 51.3 Å². The fourth-order valence-electron chi connectivity index (χ4n) is 7.12. The molecule has 0 bridgehead atoms. The molecule has 10 atom stereocenters. The second kappa shape index (κ2) is 14.7. The fraction of sp³-hybridized carbons (Fsp3) is 0.500. The van der Waals surface area contributed by atoms with E-state index in [2.05, 4.69) is 36.4 Å². The molecular formula is C40H48O9. The molecule has 49 heavy (non-hydrogen) atoms. The van der Waals surface area contributed by atoms with E-state index in [0.29, 0.717) is 19.8 Å². The van der Waals surface area contributed by atoms with Crippen LogP contribution in [0.4, 0.5) is 0 Å². The van der Waals surface area contributed by atoms with Crippen molar-refractivity contribution in [1.29, 1.82) is 0 Å². The topological polar surface area (TPSA) is 83.1 Å². The summed E-state index contributed by atoms with van der Waals surface area (Å²) in [6, 6.07) is 30.4. The first-order valence-electron chi connectivity index (χ1n) is 17.3. The molecule has 0 saturated carbocycles. The molecular weight excluding hydrogens is 624 g/mol. The summed E-state index contributed by atoms with van der Waals surface area (Å²) in [6.07, 6.45) is -0.394. The molecule has 4 aliphatic rings. The number of hydrogen-bond acceptors (Lipinski definition) is 9. The number of fused-ring (bicyclic) bond motifs is 3. The van der Waals surface area contributed by atoms with Crippen molar-refractivity contribution in [2.75, 3.05) is 0 Å². The smallest absolute Gasteiger partial charge is 0.190 e. The van der Waals surface area contributed by atoms with Crippen molar-refractivity contribution in [3.8, 4) is 0 Å². The molecule has 3 aromatic carbocycles. The first-order chi connectivity index (χ1) is 23.6. The molecule has 9 heteroatoms. The Labute approximate surface area is 289 Å². The molecule has 4 saturated heterocycles. The van der Waals surface area contributed by atoms with E-state index in [-0.39, 0.29) is 12.2 Å². The Kier molecular flexibility index (Phi) is 10.4. The Bertz CT molecular complexity index is 1510. The summed E-state index contributed by atoms with van der Waals surface area (Å²) < 4.78 is 58.4. The predicted octanol–water partition coefficient (Wildman–Crippen LogP) is 6.48. The lowest BCUT2D eigenvalue weighted by molar-refractivity contribution is -0.252. The molecule has 7 rings (SSSR count). The lowest BCUT2D eigenvalue weighted by Gasteiger charge is -2.45. The Morgan fingerprint density at radius 3 is 1.53 bits per heavy atom. The van der Waals surface area contributed by atoms with Crippen LogP contribution in [0.25, 0.3) is 0 Å². The largest absolute Gasteiger partial charge is 0.368 e. The SMILES string of the molecule is C[C@@H]1O[C@@H](/C=C\[C@H]2O[C@@H]3OC(C)(C)O[C@@H]3[C@H]3OC(C)(C)O[C@H]32)[C@@H](OCc2ccccc2)[C@H](OCc2ccccc2)[C@@H]1OCc1ccccc1. The second-order valence-corrected chi connectivity index (χ2v) is 14.1. The molecule has 4 aliphatic heterocycles. The monoisotopic (exact) mass is 672 g/mol. The van der Waals surface area contributed by atoms with E-state index < -0.39 is 60.6 Å². The highest BCUT2D eigenvalue weighted by Crippen LogP contribution is 2.44. The van der Waals surface area contributed by atoms with Gasteiger partial charge in [-0.3, -0.25) is 0 Å². The van der Waals surface area contributed by atoms with E-state index in [1.807, 2.05) is 101 Å². The van der Waals surface area contributed by atoms with Gasteiger partial charge in [0, 0.05) is 0 Å². The van der Waals surface area contributed by atoms with Crippen LogP contribution >= 0.6 is 0 Å². The van der Waals surface area contributed by atoms with Crippen molar-refractivity contribution >= 4 is 0 Å². The Morgan fingerprint density at radius 1 is 0.510 bits per heavy atom. The summed E-state index contributed by atoms with van der Waals surface area (Å²) >= 11 is 0. The zero-order valence-electron chi connectivity index (χ0n) is 28.9. The Hall–Kier alpha value is -2.96. The third-order valence-electron chi connectivity index (χ3n) is 9.34. The number of ether oxygens (including phenoxy) is 9. The van der Waals surface area contributed by atoms with Gasteiger partial charge in [-0.15, -0.1) is 0 Å². The van der Waals surface area contributed by atoms with Crippen molar-refractivity contribution in [2.45, 2.75) is 127 Å². The minimum atomic E-state index is -0.801. The summed E-state index contributed by atoms with van der Waals surface area (Å²) in [7, 11) is 0. The molecule has 0 aromatic heterocycles. The number of hydrogen-bond donors (Lipinski definition) is 0.